The smallest absolute Gasteiger partial charge is 0.267 e. The lowest BCUT2D eigenvalue weighted by atomic mass is 9.92. The topological polar surface area (TPSA) is 57.2 Å². The molecule has 1 saturated carbocycles. The van der Waals surface area contributed by atoms with E-state index in [-0.39, 0.29) is 11.4 Å². The van der Waals surface area contributed by atoms with Gasteiger partial charge in [0.15, 0.2) is 0 Å². The van der Waals surface area contributed by atoms with Gasteiger partial charge in [-0.15, -0.1) is 0 Å². The van der Waals surface area contributed by atoms with Gasteiger partial charge in [0.05, 0.1) is 5.71 Å². The number of piperazine rings is 1. The Hall–Kier alpha value is -1.14. The molecule has 0 bridgehead atoms. The number of carbonyl (C=O) groups excluding carboxylic acids is 1. The summed E-state index contributed by atoms with van der Waals surface area (Å²) in [7, 11) is 2.18. The van der Waals surface area contributed by atoms with Crippen molar-refractivity contribution in [3.8, 4) is 0 Å². The van der Waals surface area contributed by atoms with Gasteiger partial charge in [-0.3, -0.25) is 9.69 Å². The van der Waals surface area contributed by atoms with E-state index in [0.29, 0.717) is 6.42 Å². The van der Waals surface area contributed by atoms with Crippen LogP contribution in [0.2, 0.25) is 0 Å². The number of oxime groups is 1. The summed E-state index contributed by atoms with van der Waals surface area (Å²) >= 11 is 0. The van der Waals surface area contributed by atoms with Gasteiger partial charge in [0, 0.05) is 44.7 Å². The minimum atomic E-state index is -0.827. The molecule has 0 aromatic heterocycles. The second-order valence-corrected chi connectivity index (χ2v) is 7.73. The molecule has 1 amide bonds. The molecule has 23 heavy (non-hydrogen) atoms. The lowest BCUT2D eigenvalue weighted by molar-refractivity contribution is -0.142. The van der Waals surface area contributed by atoms with E-state index >= 15 is 0 Å². The normalized spacial score (nSPS) is 31.7. The van der Waals surface area contributed by atoms with Crippen molar-refractivity contribution < 1.29 is 9.63 Å². The van der Waals surface area contributed by atoms with Gasteiger partial charge in [-0.25, -0.2) is 0 Å². The summed E-state index contributed by atoms with van der Waals surface area (Å²) in [5.74, 6) is -0.0292. The number of hydrogen-bond donors (Lipinski definition) is 1. The summed E-state index contributed by atoms with van der Waals surface area (Å²) in [6.45, 7) is 8.89. The molecule has 1 saturated heterocycles. The average Bonchev–Trinajstić information content (AvgIpc) is 3.14. The van der Waals surface area contributed by atoms with E-state index in [2.05, 4.69) is 27.3 Å². The molecular formula is C17H30N4O2. The Balaban J connectivity index is 1.61. The average molecular weight is 322 g/mol. The fourth-order valence-electron chi connectivity index (χ4n) is 4.20. The maximum absolute atomic E-state index is 12.6. The minimum Gasteiger partial charge on any atom is -0.379 e. The van der Waals surface area contributed by atoms with Crippen LogP contribution in [0.1, 0.15) is 46.0 Å². The number of nitrogens with zero attached hydrogens (tertiary/aromatic N) is 3. The molecule has 2 heterocycles. The summed E-state index contributed by atoms with van der Waals surface area (Å²) in [5, 5.41) is 7.13. The third-order valence-electron chi connectivity index (χ3n) is 5.76. The zero-order valence-electron chi connectivity index (χ0n) is 14.7. The molecule has 6 heteroatoms. The molecule has 0 aromatic carbocycles. The predicted molar refractivity (Wildman–Crippen MR) is 90.5 cm³/mol. The van der Waals surface area contributed by atoms with Crippen LogP contribution in [0.25, 0.3) is 0 Å². The molecule has 3 rings (SSSR count). The molecule has 1 unspecified atom stereocenters. The first-order valence-corrected chi connectivity index (χ1v) is 8.87. The van der Waals surface area contributed by atoms with Crippen LogP contribution in [0.15, 0.2) is 5.16 Å². The summed E-state index contributed by atoms with van der Waals surface area (Å²) in [5.41, 5.74) is 0.200. The van der Waals surface area contributed by atoms with Crippen LogP contribution in [-0.2, 0) is 9.63 Å². The predicted octanol–water partition coefficient (Wildman–Crippen LogP) is 1.22. The van der Waals surface area contributed by atoms with Crippen molar-refractivity contribution in [1.29, 1.82) is 0 Å². The fraction of sp³-hybridized carbons (Fsp3) is 0.882. The van der Waals surface area contributed by atoms with E-state index in [1.54, 1.807) is 0 Å². The van der Waals surface area contributed by atoms with E-state index in [0.717, 1.165) is 38.4 Å². The van der Waals surface area contributed by atoms with E-state index in [1.165, 1.54) is 25.7 Å². The molecule has 1 N–H and O–H groups in total. The SMILES string of the molecule is CC1=NOC(C)(C(=O)NCC2(N3CCN(C)CC3)CCCC2)C1. The highest BCUT2D eigenvalue weighted by molar-refractivity contribution is 5.94. The molecule has 0 aromatic rings. The largest absolute Gasteiger partial charge is 0.379 e. The second kappa shape index (κ2) is 6.40. The van der Waals surface area contributed by atoms with Crippen LogP contribution in [0, 0.1) is 0 Å². The van der Waals surface area contributed by atoms with Gasteiger partial charge in [0.1, 0.15) is 0 Å². The highest BCUT2D eigenvalue weighted by atomic mass is 16.7. The standard InChI is InChI=1S/C17H30N4O2/c1-14-12-16(2,23-19-14)15(22)18-13-17(6-4-5-7-17)21-10-8-20(3)9-11-21/h4-13H2,1-3H3,(H,18,22). The number of hydrogen-bond acceptors (Lipinski definition) is 5. The first kappa shape index (κ1) is 16.7. The van der Waals surface area contributed by atoms with Crippen molar-refractivity contribution in [2.45, 2.75) is 57.1 Å². The monoisotopic (exact) mass is 322 g/mol. The van der Waals surface area contributed by atoms with Gasteiger partial charge in [-0.1, -0.05) is 18.0 Å². The summed E-state index contributed by atoms with van der Waals surface area (Å²) in [6.07, 6.45) is 5.48. The number of nitrogens with one attached hydrogen (secondary N) is 1. The maximum Gasteiger partial charge on any atom is 0.267 e. The Bertz CT molecular complexity index is 479. The van der Waals surface area contributed by atoms with Crippen molar-refractivity contribution in [2.24, 2.45) is 5.16 Å². The second-order valence-electron chi connectivity index (χ2n) is 7.73. The number of amides is 1. The summed E-state index contributed by atoms with van der Waals surface area (Å²) in [4.78, 5) is 23.0. The van der Waals surface area contributed by atoms with E-state index in [4.69, 9.17) is 4.84 Å². The molecule has 2 aliphatic heterocycles. The minimum absolute atomic E-state index is 0.0292. The van der Waals surface area contributed by atoms with Gasteiger partial charge in [0.25, 0.3) is 5.91 Å². The Morgan fingerprint density at radius 1 is 1.26 bits per heavy atom. The van der Waals surface area contributed by atoms with Gasteiger partial charge in [0.2, 0.25) is 5.60 Å². The van der Waals surface area contributed by atoms with Crippen molar-refractivity contribution >= 4 is 11.6 Å². The van der Waals surface area contributed by atoms with E-state index in [1.807, 2.05) is 13.8 Å². The summed E-state index contributed by atoms with van der Waals surface area (Å²) < 4.78 is 0. The number of rotatable bonds is 4. The molecule has 1 aliphatic carbocycles. The van der Waals surface area contributed by atoms with Gasteiger partial charge in [-0.2, -0.15) is 0 Å². The highest BCUT2D eigenvalue weighted by Crippen LogP contribution is 2.35. The molecule has 6 nitrogen and oxygen atoms in total. The van der Waals surface area contributed by atoms with Crippen LogP contribution < -0.4 is 5.32 Å². The van der Waals surface area contributed by atoms with Crippen molar-refractivity contribution in [1.82, 2.24) is 15.1 Å². The number of likely N-dealkylation sites (N-methyl/N-ethyl adjacent to an activating group) is 1. The van der Waals surface area contributed by atoms with Gasteiger partial charge in [-0.05, 0) is 33.7 Å². The highest BCUT2D eigenvalue weighted by Gasteiger charge is 2.44. The molecule has 0 spiro atoms. The Labute approximate surface area is 139 Å². The molecule has 1 atom stereocenters. The molecular weight excluding hydrogens is 292 g/mol. The van der Waals surface area contributed by atoms with Crippen molar-refractivity contribution in [2.75, 3.05) is 39.8 Å². The number of carbonyl (C=O) groups is 1. The fourth-order valence-corrected chi connectivity index (χ4v) is 4.20. The van der Waals surface area contributed by atoms with Crippen LogP contribution in [-0.4, -0.2) is 72.3 Å². The Morgan fingerprint density at radius 2 is 1.91 bits per heavy atom. The van der Waals surface area contributed by atoms with E-state index in [9.17, 15) is 4.79 Å². The zero-order chi connectivity index (χ0) is 16.5. The van der Waals surface area contributed by atoms with Gasteiger partial charge < -0.3 is 15.1 Å². The first-order chi connectivity index (χ1) is 10.9. The van der Waals surface area contributed by atoms with Crippen LogP contribution >= 0.6 is 0 Å². The lowest BCUT2D eigenvalue weighted by Crippen LogP contribution is -2.60. The lowest BCUT2D eigenvalue weighted by Gasteiger charge is -2.45. The van der Waals surface area contributed by atoms with Crippen LogP contribution in [0.5, 0.6) is 0 Å². The third-order valence-corrected chi connectivity index (χ3v) is 5.76. The van der Waals surface area contributed by atoms with Gasteiger partial charge >= 0.3 is 0 Å². The quantitative estimate of drug-likeness (QED) is 0.845. The summed E-state index contributed by atoms with van der Waals surface area (Å²) in [6, 6.07) is 0. The van der Waals surface area contributed by atoms with E-state index < -0.39 is 5.60 Å². The molecule has 130 valence electrons. The molecule has 2 fully saturated rings. The van der Waals surface area contributed by atoms with Crippen LogP contribution in [0.4, 0.5) is 0 Å². The molecule has 0 radical (unpaired) electrons. The third kappa shape index (κ3) is 3.38. The Morgan fingerprint density at radius 3 is 2.48 bits per heavy atom. The molecule has 3 aliphatic rings. The first-order valence-electron chi connectivity index (χ1n) is 8.87. The van der Waals surface area contributed by atoms with Crippen LogP contribution in [0.3, 0.4) is 0 Å². The zero-order valence-corrected chi connectivity index (χ0v) is 14.7. The Kier molecular flexibility index (Phi) is 4.65. The maximum atomic E-state index is 12.6. The van der Waals surface area contributed by atoms with Crippen molar-refractivity contribution in [3.05, 3.63) is 0 Å². The van der Waals surface area contributed by atoms with Crippen molar-refractivity contribution in [3.63, 3.8) is 0 Å².